The molecule has 0 saturated carbocycles. The van der Waals surface area contributed by atoms with Crippen LogP contribution >= 0.6 is 11.6 Å². The zero-order valence-corrected chi connectivity index (χ0v) is 16.3. The van der Waals surface area contributed by atoms with E-state index >= 15 is 0 Å². The Balaban J connectivity index is 1.51. The molecular formula is C20H19ClFN3O4. The molecular weight excluding hydrogens is 401 g/mol. The van der Waals surface area contributed by atoms with Crippen LogP contribution in [0.25, 0.3) is 11.0 Å². The van der Waals surface area contributed by atoms with Crippen LogP contribution < -0.4 is 0 Å². The molecule has 0 radical (unpaired) electrons. The molecule has 1 aromatic carbocycles. The third-order valence-corrected chi connectivity index (χ3v) is 6.04. The lowest BCUT2D eigenvalue weighted by atomic mass is 9.91. The van der Waals surface area contributed by atoms with Gasteiger partial charge < -0.3 is 24.3 Å². The van der Waals surface area contributed by atoms with Crippen LogP contribution in [0.15, 0.2) is 30.7 Å². The molecule has 2 N–H and O–H groups in total. The van der Waals surface area contributed by atoms with Gasteiger partial charge in [0, 0.05) is 11.6 Å². The SMILES string of the molecule is Cc1ncnc2c1ccn2C1O[C@H]([C@@H]2OCCc3c2ccc(Cl)c3F)[C@@H](O)[C@H]1O. The molecule has 5 atom stereocenters. The van der Waals surface area contributed by atoms with E-state index in [9.17, 15) is 14.6 Å². The van der Waals surface area contributed by atoms with Gasteiger partial charge in [0.2, 0.25) is 0 Å². The van der Waals surface area contributed by atoms with Crippen LogP contribution in [0, 0.1) is 12.7 Å². The summed E-state index contributed by atoms with van der Waals surface area (Å²) >= 11 is 5.91. The molecule has 1 saturated heterocycles. The summed E-state index contributed by atoms with van der Waals surface area (Å²) in [5.41, 5.74) is 2.43. The quantitative estimate of drug-likeness (QED) is 0.663. The van der Waals surface area contributed by atoms with E-state index in [-0.39, 0.29) is 11.6 Å². The average Bonchev–Trinajstić information content (AvgIpc) is 3.27. The third kappa shape index (κ3) is 2.86. The van der Waals surface area contributed by atoms with Crippen molar-refractivity contribution in [1.29, 1.82) is 0 Å². The smallest absolute Gasteiger partial charge is 0.164 e. The van der Waals surface area contributed by atoms with Gasteiger partial charge in [-0.05, 0) is 36.6 Å². The van der Waals surface area contributed by atoms with E-state index in [0.717, 1.165) is 11.1 Å². The molecule has 7 nitrogen and oxygen atoms in total. The first-order valence-corrected chi connectivity index (χ1v) is 9.73. The van der Waals surface area contributed by atoms with E-state index in [0.29, 0.717) is 23.2 Å². The van der Waals surface area contributed by atoms with Crippen LogP contribution in [-0.4, -0.2) is 49.7 Å². The standard InChI is InChI=1S/C20H19ClFN3O4/c1-9-10-4-6-25(19(10)24-8-23-9)20-16(27)15(26)18(29-20)17-12-2-3-13(21)14(22)11(12)5-7-28-17/h2-4,6,8,15-18,20,26-27H,5,7H2,1H3/t15-,16+,17+,18-,20?/m0/s1. The zero-order valence-electron chi connectivity index (χ0n) is 15.5. The lowest BCUT2D eigenvalue weighted by molar-refractivity contribution is -0.113. The minimum atomic E-state index is -1.23. The fourth-order valence-electron chi connectivity index (χ4n) is 4.25. The summed E-state index contributed by atoms with van der Waals surface area (Å²) in [6, 6.07) is 4.98. The summed E-state index contributed by atoms with van der Waals surface area (Å²) in [7, 11) is 0. The number of ether oxygens (including phenoxy) is 2. The van der Waals surface area contributed by atoms with Crippen molar-refractivity contribution in [2.75, 3.05) is 6.61 Å². The Kier molecular flexibility index (Phi) is 4.56. The number of halogens is 2. The van der Waals surface area contributed by atoms with Crippen LogP contribution in [0.4, 0.5) is 4.39 Å². The summed E-state index contributed by atoms with van der Waals surface area (Å²) < 4.78 is 28.0. The summed E-state index contributed by atoms with van der Waals surface area (Å²) in [5.74, 6) is -0.481. The molecule has 2 aliphatic heterocycles. The van der Waals surface area contributed by atoms with Gasteiger partial charge in [0.1, 0.15) is 42.2 Å². The predicted octanol–water partition coefficient (Wildman–Crippen LogP) is 2.47. The minimum absolute atomic E-state index is 0.0454. The second-order valence-corrected chi connectivity index (χ2v) is 7.77. The second-order valence-electron chi connectivity index (χ2n) is 7.36. The molecule has 1 fully saturated rings. The van der Waals surface area contributed by atoms with Crippen LogP contribution in [0.1, 0.15) is 29.2 Å². The van der Waals surface area contributed by atoms with Gasteiger partial charge in [-0.15, -0.1) is 0 Å². The van der Waals surface area contributed by atoms with E-state index in [1.54, 1.807) is 16.8 Å². The normalized spacial score (nSPS) is 29.3. The molecule has 29 heavy (non-hydrogen) atoms. The number of hydrogen-bond acceptors (Lipinski definition) is 6. The minimum Gasteiger partial charge on any atom is -0.387 e. The van der Waals surface area contributed by atoms with Gasteiger partial charge >= 0.3 is 0 Å². The first kappa shape index (κ1) is 18.9. The monoisotopic (exact) mass is 419 g/mol. The van der Waals surface area contributed by atoms with Crippen LogP contribution in [0.2, 0.25) is 5.02 Å². The Morgan fingerprint density at radius 2 is 2.03 bits per heavy atom. The number of aliphatic hydroxyl groups is 2. The van der Waals surface area contributed by atoms with Gasteiger partial charge in [0.15, 0.2) is 6.23 Å². The molecule has 0 aliphatic carbocycles. The highest BCUT2D eigenvalue weighted by Crippen LogP contribution is 2.42. The first-order valence-electron chi connectivity index (χ1n) is 9.35. The Morgan fingerprint density at radius 1 is 1.21 bits per heavy atom. The van der Waals surface area contributed by atoms with Crippen molar-refractivity contribution in [3.8, 4) is 0 Å². The Morgan fingerprint density at radius 3 is 2.86 bits per heavy atom. The number of aryl methyl sites for hydroxylation is 1. The maximum Gasteiger partial charge on any atom is 0.164 e. The number of fused-ring (bicyclic) bond motifs is 2. The maximum absolute atomic E-state index is 14.5. The molecule has 0 amide bonds. The fourth-order valence-corrected chi connectivity index (χ4v) is 4.42. The van der Waals surface area contributed by atoms with Crippen LogP contribution in [0.3, 0.4) is 0 Å². The molecule has 5 rings (SSSR count). The van der Waals surface area contributed by atoms with Crippen molar-refractivity contribution in [2.45, 2.75) is 44.0 Å². The molecule has 4 heterocycles. The van der Waals surface area contributed by atoms with Gasteiger partial charge in [-0.1, -0.05) is 17.7 Å². The largest absolute Gasteiger partial charge is 0.387 e. The van der Waals surface area contributed by atoms with Crippen molar-refractivity contribution in [3.05, 3.63) is 58.4 Å². The number of rotatable bonds is 2. The van der Waals surface area contributed by atoms with Crippen molar-refractivity contribution in [3.63, 3.8) is 0 Å². The Labute approximate surface area is 170 Å². The van der Waals surface area contributed by atoms with E-state index in [2.05, 4.69) is 9.97 Å². The van der Waals surface area contributed by atoms with Gasteiger partial charge in [-0.3, -0.25) is 0 Å². The number of benzene rings is 1. The molecule has 1 unspecified atom stereocenters. The number of aliphatic hydroxyl groups excluding tert-OH is 2. The van der Waals surface area contributed by atoms with Crippen LogP contribution in [-0.2, 0) is 15.9 Å². The molecule has 0 bridgehead atoms. The van der Waals surface area contributed by atoms with Crippen LogP contribution in [0.5, 0.6) is 0 Å². The van der Waals surface area contributed by atoms with Crippen molar-refractivity contribution in [2.24, 2.45) is 0 Å². The summed E-state index contributed by atoms with van der Waals surface area (Å²) in [6.45, 7) is 2.13. The zero-order chi connectivity index (χ0) is 20.3. The summed E-state index contributed by atoms with van der Waals surface area (Å²) in [6.07, 6.45) is -1.35. The lowest BCUT2D eigenvalue weighted by Crippen LogP contribution is -2.37. The van der Waals surface area contributed by atoms with Crippen molar-refractivity contribution < 1.29 is 24.1 Å². The molecule has 0 spiro atoms. The Hall–Kier alpha value is -2.10. The van der Waals surface area contributed by atoms with Gasteiger partial charge in [0.05, 0.1) is 17.3 Å². The summed E-state index contributed by atoms with van der Waals surface area (Å²) in [5, 5.41) is 22.3. The first-order chi connectivity index (χ1) is 14.0. The highest BCUT2D eigenvalue weighted by Gasteiger charge is 2.49. The predicted molar refractivity (Wildman–Crippen MR) is 102 cm³/mol. The average molecular weight is 420 g/mol. The van der Waals surface area contributed by atoms with E-state index in [4.69, 9.17) is 21.1 Å². The van der Waals surface area contributed by atoms with Gasteiger partial charge in [0.25, 0.3) is 0 Å². The fraction of sp³-hybridized carbons (Fsp3) is 0.400. The highest BCUT2D eigenvalue weighted by atomic mass is 35.5. The van der Waals surface area contributed by atoms with E-state index in [1.807, 2.05) is 13.0 Å². The third-order valence-electron chi connectivity index (χ3n) is 5.74. The molecule has 2 aliphatic rings. The number of nitrogens with zero attached hydrogens (tertiary/aromatic N) is 3. The van der Waals surface area contributed by atoms with Gasteiger partial charge in [-0.2, -0.15) is 0 Å². The van der Waals surface area contributed by atoms with E-state index in [1.165, 1.54) is 12.4 Å². The second kappa shape index (κ2) is 7.00. The molecule has 9 heteroatoms. The van der Waals surface area contributed by atoms with Crippen molar-refractivity contribution in [1.82, 2.24) is 14.5 Å². The molecule has 152 valence electrons. The van der Waals surface area contributed by atoms with Crippen molar-refractivity contribution >= 4 is 22.6 Å². The highest BCUT2D eigenvalue weighted by molar-refractivity contribution is 6.30. The molecule has 2 aromatic heterocycles. The van der Waals surface area contributed by atoms with Gasteiger partial charge in [-0.25, -0.2) is 14.4 Å². The number of aromatic nitrogens is 3. The molecule has 3 aromatic rings. The summed E-state index contributed by atoms with van der Waals surface area (Å²) in [4.78, 5) is 8.45. The number of hydrogen-bond donors (Lipinski definition) is 2. The Bertz CT molecular complexity index is 1090. The lowest BCUT2D eigenvalue weighted by Gasteiger charge is -2.31. The van der Waals surface area contributed by atoms with E-state index < -0.39 is 36.5 Å². The maximum atomic E-state index is 14.5. The topological polar surface area (TPSA) is 89.6 Å².